The van der Waals surface area contributed by atoms with Gasteiger partial charge in [0.15, 0.2) is 0 Å². The van der Waals surface area contributed by atoms with Crippen molar-refractivity contribution < 1.29 is 22.4 Å². The third-order valence-electron chi connectivity index (χ3n) is 3.48. The second-order valence-corrected chi connectivity index (χ2v) is 7.18. The quantitative estimate of drug-likeness (QED) is 0.620. The zero-order valence-electron chi connectivity index (χ0n) is 13.1. The molecule has 0 unspecified atom stereocenters. The van der Waals surface area contributed by atoms with Crippen LogP contribution in [0.4, 0.5) is 17.6 Å². The van der Waals surface area contributed by atoms with Crippen molar-refractivity contribution in [2.45, 2.75) is 19.1 Å². The first-order valence-electron chi connectivity index (χ1n) is 7.43. The fourth-order valence-electron chi connectivity index (χ4n) is 2.29. The van der Waals surface area contributed by atoms with Crippen molar-refractivity contribution in [2.75, 3.05) is 0 Å². The number of hydrogen-bond donors (Lipinski definition) is 1. The molecule has 0 aliphatic carbocycles. The van der Waals surface area contributed by atoms with E-state index in [-0.39, 0.29) is 18.5 Å². The SMILES string of the molecule is O=C(Cc1csc(-c2cccs2)n1)NCc1ccc(F)cc1C(F)(F)F. The summed E-state index contributed by atoms with van der Waals surface area (Å²) in [4.78, 5) is 17.4. The smallest absolute Gasteiger partial charge is 0.352 e. The third-order valence-corrected chi connectivity index (χ3v) is 5.41. The highest BCUT2D eigenvalue weighted by molar-refractivity contribution is 7.20. The Kier molecular flexibility index (Phi) is 5.38. The number of nitrogens with one attached hydrogen (secondary N) is 1. The molecular weight excluding hydrogens is 388 g/mol. The van der Waals surface area contributed by atoms with Crippen LogP contribution in [0.5, 0.6) is 0 Å². The predicted molar refractivity (Wildman–Crippen MR) is 92.4 cm³/mol. The molecule has 0 aliphatic heterocycles. The number of rotatable bonds is 5. The van der Waals surface area contributed by atoms with Gasteiger partial charge in [0, 0.05) is 11.9 Å². The minimum atomic E-state index is -4.69. The zero-order valence-corrected chi connectivity index (χ0v) is 14.8. The Balaban J connectivity index is 1.63. The highest BCUT2D eigenvalue weighted by Gasteiger charge is 2.33. The van der Waals surface area contributed by atoms with Gasteiger partial charge in [-0.2, -0.15) is 13.2 Å². The van der Waals surface area contributed by atoms with Gasteiger partial charge in [-0.15, -0.1) is 22.7 Å². The number of nitrogens with zero attached hydrogens (tertiary/aromatic N) is 1. The van der Waals surface area contributed by atoms with E-state index in [0.717, 1.165) is 22.0 Å². The van der Waals surface area contributed by atoms with Crippen LogP contribution in [-0.2, 0) is 23.9 Å². The molecule has 0 atom stereocenters. The molecule has 3 aromatic rings. The first-order valence-corrected chi connectivity index (χ1v) is 9.19. The van der Waals surface area contributed by atoms with Gasteiger partial charge in [0.1, 0.15) is 10.8 Å². The zero-order chi connectivity index (χ0) is 18.7. The molecule has 0 aliphatic rings. The van der Waals surface area contributed by atoms with Crippen LogP contribution in [0.1, 0.15) is 16.8 Å². The van der Waals surface area contributed by atoms with Crippen molar-refractivity contribution in [3.63, 3.8) is 0 Å². The van der Waals surface area contributed by atoms with E-state index in [1.165, 1.54) is 22.7 Å². The van der Waals surface area contributed by atoms with Gasteiger partial charge in [0.05, 0.1) is 22.6 Å². The lowest BCUT2D eigenvalue weighted by molar-refractivity contribution is -0.138. The second kappa shape index (κ2) is 7.55. The van der Waals surface area contributed by atoms with Gasteiger partial charge in [-0.05, 0) is 29.1 Å². The normalized spacial score (nSPS) is 11.5. The molecule has 2 heterocycles. The summed E-state index contributed by atoms with van der Waals surface area (Å²) >= 11 is 2.93. The topological polar surface area (TPSA) is 42.0 Å². The van der Waals surface area contributed by atoms with Crippen LogP contribution in [0.15, 0.2) is 41.1 Å². The van der Waals surface area contributed by atoms with E-state index in [2.05, 4.69) is 10.3 Å². The van der Waals surface area contributed by atoms with Crippen molar-refractivity contribution in [1.29, 1.82) is 0 Å². The maximum absolute atomic E-state index is 13.1. The van der Waals surface area contributed by atoms with Crippen LogP contribution in [0, 0.1) is 5.82 Å². The summed E-state index contributed by atoms with van der Waals surface area (Å²) in [5.41, 5.74) is -0.734. The van der Waals surface area contributed by atoms with E-state index in [9.17, 15) is 22.4 Å². The Hall–Kier alpha value is -2.26. The standard InChI is InChI=1S/C17H12F4N2OS2/c18-11-4-3-10(13(6-11)17(19,20)21)8-22-15(24)7-12-9-26-16(23-12)14-2-1-5-25-14/h1-6,9H,7-8H2,(H,22,24). The van der Waals surface area contributed by atoms with Crippen LogP contribution in [0.3, 0.4) is 0 Å². The Morgan fingerprint density at radius 1 is 1.19 bits per heavy atom. The second-order valence-electron chi connectivity index (χ2n) is 5.37. The number of halogens is 4. The lowest BCUT2D eigenvalue weighted by atomic mass is 10.1. The number of amides is 1. The Morgan fingerprint density at radius 2 is 2.00 bits per heavy atom. The lowest BCUT2D eigenvalue weighted by Crippen LogP contribution is -2.26. The molecule has 0 spiro atoms. The minimum absolute atomic E-state index is 0.0373. The Bertz CT molecular complexity index is 904. The van der Waals surface area contributed by atoms with Gasteiger partial charge >= 0.3 is 6.18 Å². The number of thiophene rings is 1. The number of benzene rings is 1. The van der Waals surface area contributed by atoms with Crippen LogP contribution in [0.2, 0.25) is 0 Å². The van der Waals surface area contributed by atoms with Crippen molar-refractivity contribution in [2.24, 2.45) is 0 Å². The van der Waals surface area contributed by atoms with Crippen molar-refractivity contribution in [3.05, 3.63) is 63.7 Å². The molecule has 3 rings (SSSR count). The maximum atomic E-state index is 13.1. The molecule has 2 aromatic heterocycles. The van der Waals surface area contributed by atoms with Gasteiger partial charge in [-0.25, -0.2) is 9.37 Å². The first-order chi connectivity index (χ1) is 12.3. The molecule has 0 saturated heterocycles. The van der Waals surface area contributed by atoms with Crippen LogP contribution >= 0.6 is 22.7 Å². The molecule has 0 bridgehead atoms. The summed E-state index contributed by atoms with van der Waals surface area (Å²) in [6.45, 7) is -0.337. The highest BCUT2D eigenvalue weighted by Crippen LogP contribution is 2.32. The molecular formula is C17H12F4N2OS2. The van der Waals surface area contributed by atoms with E-state index < -0.39 is 23.5 Å². The van der Waals surface area contributed by atoms with Gasteiger partial charge in [-0.3, -0.25) is 4.79 Å². The predicted octanol–water partition coefficient (Wildman–Crippen LogP) is 4.89. The summed E-state index contributed by atoms with van der Waals surface area (Å²) in [5.74, 6) is -1.43. The Morgan fingerprint density at radius 3 is 2.69 bits per heavy atom. The molecule has 0 saturated carbocycles. The summed E-state index contributed by atoms with van der Waals surface area (Å²) in [6, 6.07) is 6.20. The summed E-state index contributed by atoms with van der Waals surface area (Å²) in [6.07, 6.45) is -4.73. The number of carbonyl (C=O) groups excluding carboxylic acids is 1. The Labute approximate surface area is 154 Å². The number of aromatic nitrogens is 1. The van der Waals surface area contributed by atoms with Crippen molar-refractivity contribution in [1.82, 2.24) is 10.3 Å². The van der Waals surface area contributed by atoms with Crippen molar-refractivity contribution in [3.8, 4) is 9.88 Å². The van der Waals surface area contributed by atoms with Crippen molar-refractivity contribution >= 4 is 28.6 Å². The third kappa shape index (κ3) is 4.47. The average Bonchev–Trinajstić information content (AvgIpc) is 3.24. The van der Waals surface area contributed by atoms with Gasteiger partial charge in [0.2, 0.25) is 5.91 Å². The van der Waals surface area contributed by atoms with Gasteiger partial charge in [0.25, 0.3) is 0 Å². The fourth-order valence-corrected chi connectivity index (χ4v) is 3.92. The van der Waals surface area contributed by atoms with Crippen LogP contribution < -0.4 is 5.32 Å². The highest BCUT2D eigenvalue weighted by atomic mass is 32.1. The van der Waals surface area contributed by atoms with E-state index in [0.29, 0.717) is 11.8 Å². The molecule has 26 heavy (non-hydrogen) atoms. The molecule has 0 fully saturated rings. The van der Waals surface area contributed by atoms with E-state index in [4.69, 9.17) is 0 Å². The number of carbonyl (C=O) groups is 1. The summed E-state index contributed by atoms with van der Waals surface area (Å²) in [7, 11) is 0. The molecule has 9 heteroatoms. The average molecular weight is 400 g/mol. The first kappa shape index (κ1) is 18.5. The minimum Gasteiger partial charge on any atom is -0.352 e. The van der Waals surface area contributed by atoms with E-state index in [1.807, 2.05) is 17.5 Å². The van der Waals surface area contributed by atoms with Gasteiger partial charge in [-0.1, -0.05) is 12.1 Å². The maximum Gasteiger partial charge on any atom is 0.416 e. The van der Waals surface area contributed by atoms with E-state index >= 15 is 0 Å². The van der Waals surface area contributed by atoms with Crippen LogP contribution in [0.25, 0.3) is 9.88 Å². The fraction of sp³-hybridized carbons (Fsp3) is 0.176. The number of alkyl halides is 3. The van der Waals surface area contributed by atoms with Gasteiger partial charge < -0.3 is 5.32 Å². The number of hydrogen-bond acceptors (Lipinski definition) is 4. The van der Waals surface area contributed by atoms with Crippen LogP contribution in [-0.4, -0.2) is 10.9 Å². The van der Waals surface area contributed by atoms with E-state index in [1.54, 1.807) is 5.38 Å². The monoisotopic (exact) mass is 400 g/mol. The molecule has 3 nitrogen and oxygen atoms in total. The molecule has 1 aromatic carbocycles. The molecule has 1 amide bonds. The molecule has 0 radical (unpaired) electrons. The molecule has 136 valence electrons. The lowest BCUT2D eigenvalue weighted by Gasteiger charge is -2.13. The summed E-state index contributed by atoms with van der Waals surface area (Å²) in [5, 5.41) is 6.89. The summed E-state index contributed by atoms with van der Waals surface area (Å²) < 4.78 is 51.9. The largest absolute Gasteiger partial charge is 0.416 e. The molecule has 1 N–H and O–H groups in total. The number of thiazole rings is 1.